The molecule has 0 spiro atoms. The van der Waals surface area contributed by atoms with Gasteiger partial charge in [-0.2, -0.15) is 0 Å². The number of imide groups is 1. The number of amides is 2. The van der Waals surface area contributed by atoms with Crippen molar-refractivity contribution in [3.63, 3.8) is 0 Å². The molecule has 0 fully saturated rings. The Kier molecular flexibility index (Phi) is 4.23. The second-order valence-electron chi connectivity index (χ2n) is 4.61. The van der Waals surface area contributed by atoms with Gasteiger partial charge in [0.15, 0.2) is 0 Å². The van der Waals surface area contributed by atoms with Gasteiger partial charge in [0.25, 0.3) is 11.8 Å². The molecule has 108 valence electrons. The molecule has 2 N–H and O–H groups in total. The molecule has 0 aliphatic carbocycles. The zero-order valence-electron chi connectivity index (χ0n) is 11.2. The van der Waals surface area contributed by atoms with Crippen LogP contribution in [0.3, 0.4) is 0 Å². The highest BCUT2D eigenvalue weighted by molar-refractivity contribution is 6.21. The third-order valence-corrected chi connectivity index (χ3v) is 3.41. The zero-order valence-corrected chi connectivity index (χ0v) is 12.0. The minimum absolute atomic E-state index is 0. The molecule has 2 heterocycles. The lowest BCUT2D eigenvalue weighted by Gasteiger charge is -2.14. The molecule has 0 atom stereocenters. The number of nitrogens with two attached hydrogens (primary N) is 1. The quantitative estimate of drug-likeness (QED) is 0.879. The largest absolute Gasteiger partial charge is 0.383 e. The molecule has 1 aromatic carbocycles. The molecule has 0 saturated heterocycles. The fourth-order valence-corrected chi connectivity index (χ4v) is 2.34. The molecule has 0 unspecified atom stereocenters. The van der Waals surface area contributed by atoms with Crippen LogP contribution in [-0.2, 0) is 6.42 Å². The number of aromatic nitrogens is 1. The number of anilines is 1. The van der Waals surface area contributed by atoms with E-state index in [1.807, 2.05) is 6.07 Å². The van der Waals surface area contributed by atoms with Crippen molar-refractivity contribution < 1.29 is 9.59 Å². The van der Waals surface area contributed by atoms with Gasteiger partial charge < -0.3 is 5.73 Å². The minimum atomic E-state index is -0.243. The van der Waals surface area contributed by atoms with Gasteiger partial charge in [-0.05, 0) is 30.2 Å². The first-order valence-electron chi connectivity index (χ1n) is 6.33. The average Bonchev–Trinajstić information content (AvgIpc) is 2.71. The van der Waals surface area contributed by atoms with Crippen molar-refractivity contribution in [3.8, 4) is 0 Å². The van der Waals surface area contributed by atoms with Crippen LogP contribution in [0.5, 0.6) is 0 Å². The van der Waals surface area contributed by atoms with Crippen LogP contribution >= 0.6 is 12.4 Å². The van der Waals surface area contributed by atoms with E-state index >= 15 is 0 Å². The summed E-state index contributed by atoms with van der Waals surface area (Å²) in [6.07, 6.45) is 2.12. The van der Waals surface area contributed by atoms with E-state index in [-0.39, 0.29) is 24.2 Å². The van der Waals surface area contributed by atoms with Gasteiger partial charge in [0, 0.05) is 12.7 Å². The normalized spacial score (nSPS) is 13.0. The summed E-state index contributed by atoms with van der Waals surface area (Å²) < 4.78 is 0. The van der Waals surface area contributed by atoms with Crippen LogP contribution < -0.4 is 5.73 Å². The van der Waals surface area contributed by atoms with Crippen molar-refractivity contribution in [3.05, 3.63) is 59.3 Å². The first-order chi connectivity index (χ1) is 9.68. The molecular weight excluding hydrogens is 290 g/mol. The second-order valence-corrected chi connectivity index (χ2v) is 4.61. The Morgan fingerprint density at radius 2 is 1.62 bits per heavy atom. The van der Waals surface area contributed by atoms with E-state index in [9.17, 15) is 9.59 Å². The molecular formula is C15H14ClN3O2. The van der Waals surface area contributed by atoms with E-state index in [1.54, 1.807) is 36.5 Å². The molecule has 2 aromatic rings. The lowest BCUT2D eigenvalue weighted by Crippen LogP contribution is -2.31. The van der Waals surface area contributed by atoms with Crippen LogP contribution in [-0.4, -0.2) is 28.2 Å². The van der Waals surface area contributed by atoms with E-state index < -0.39 is 0 Å². The Balaban J connectivity index is 0.00000161. The number of nitrogen functional groups attached to an aromatic ring is 1. The summed E-state index contributed by atoms with van der Waals surface area (Å²) in [7, 11) is 0. The van der Waals surface area contributed by atoms with E-state index in [4.69, 9.17) is 5.73 Å². The Morgan fingerprint density at radius 3 is 2.19 bits per heavy atom. The predicted octanol–water partition coefficient (Wildman–Crippen LogP) is 1.92. The monoisotopic (exact) mass is 303 g/mol. The first kappa shape index (κ1) is 15.0. The summed E-state index contributed by atoms with van der Waals surface area (Å²) >= 11 is 0. The van der Waals surface area contributed by atoms with Gasteiger partial charge in [0.05, 0.1) is 11.1 Å². The fourth-order valence-electron chi connectivity index (χ4n) is 2.34. The van der Waals surface area contributed by atoms with E-state index in [1.165, 1.54) is 4.90 Å². The Labute approximate surface area is 128 Å². The molecule has 1 aliphatic rings. The summed E-state index contributed by atoms with van der Waals surface area (Å²) in [6.45, 7) is 0.308. The standard InChI is InChI=1S/C15H13N3O2.ClH/c16-13-10(4-3-8-17-13)7-9-18-14(19)11-5-1-2-6-12(11)15(18)20;/h1-6,8H,7,9H2,(H2,16,17);1H. The third kappa shape index (κ3) is 2.60. The van der Waals surface area contributed by atoms with Crippen molar-refractivity contribution in [2.75, 3.05) is 12.3 Å². The van der Waals surface area contributed by atoms with Crippen molar-refractivity contribution in [1.29, 1.82) is 0 Å². The van der Waals surface area contributed by atoms with Crippen LogP contribution in [0.1, 0.15) is 26.3 Å². The Morgan fingerprint density at radius 1 is 1.00 bits per heavy atom. The summed E-state index contributed by atoms with van der Waals surface area (Å²) in [5.41, 5.74) is 7.53. The van der Waals surface area contributed by atoms with Gasteiger partial charge in [-0.15, -0.1) is 12.4 Å². The van der Waals surface area contributed by atoms with Crippen molar-refractivity contribution in [1.82, 2.24) is 9.88 Å². The summed E-state index contributed by atoms with van der Waals surface area (Å²) in [5, 5.41) is 0. The van der Waals surface area contributed by atoms with Crippen LogP contribution in [0.4, 0.5) is 5.82 Å². The van der Waals surface area contributed by atoms with E-state index in [0.29, 0.717) is 29.9 Å². The number of hydrogen-bond donors (Lipinski definition) is 1. The van der Waals surface area contributed by atoms with Crippen molar-refractivity contribution >= 4 is 30.0 Å². The third-order valence-electron chi connectivity index (χ3n) is 3.41. The van der Waals surface area contributed by atoms with Gasteiger partial charge in [-0.1, -0.05) is 18.2 Å². The highest BCUT2D eigenvalue weighted by Crippen LogP contribution is 2.22. The zero-order chi connectivity index (χ0) is 14.1. The summed E-state index contributed by atoms with van der Waals surface area (Å²) in [5.74, 6) is -0.0507. The van der Waals surface area contributed by atoms with Crippen LogP contribution in [0.15, 0.2) is 42.6 Å². The molecule has 6 heteroatoms. The average molecular weight is 304 g/mol. The lowest BCUT2D eigenvalue weighted by molar-refractivity contribution is 0.0656. The second kappa shape index (κ2) is 5.93. The highest BCUT2D eigenvalue weighted by atomic mass is 35.5. The number of hydrogen-bond acceptors (Lipinski definition) is 4. The highest BCUT2D eigenvalue weighted by Gasteiger charge is 2.34. The number of fused-ring (bicyclic) bond motifs is 1. The topological polar surface area (TPSA) is 76.3 Å². The Hall–Kier alpha value is -2.40. The number of rotatable bonds is 3. The fraction of sp³-hybridized carbons (Fsp3) is 0.133. The molecule has 1 aromatic heterocycles. The van der Waals surface area contributed by atoms with Crippen LogP contribution in [0.25, 0.3) is 0 Å². The molecule has 0 radical (unpaired) electrons. The minimum Gasteiger partial charge on any atom is -0.383 e. The first-order valence-corrected chi connectivity index (χ1v) is 6.33. The van der Waals surface area contributed by atoms with Gasteiger partial charge in [0.2, 0.25) is 0 Å². The maximum atomic E-state index is 12.2. The molecule has 3 rings (SSSR count). The van der Waals surface area contributed by atoms with Crippen LogP contribution in [0.2, 0.25) is 0 Å². The van der Waals surface area contributed by atoms with E-state index in [0.717, 1.165) is 5.56 Å². The van der Waals surface area contributed by atoms with Gasteiger partial charge in [-0.25, -0.2) is 4.98 Å². The summed E-state index contributed by atoms with van der Waals surface area (Å²) in [6, 6.07) is 10.5. The molecule has 21 heavy (non-hydrogen) atoms. The molecule has 0 saturated carbocycles. The number of halogens is 1. The molecule has 5 nitrogen and oxygen atoms in total. The van der Waals surface area contributed by atoms with Crippen molar-refractivity contribution in [2.45, 2.75) is 6.42 Å². The Bertz CT molecular complexity index is 668. The van der Waals surface area contributed by atoms with Gasteiger partial charge in [0.1, 0.15) is 5.82 Å². The maximum absolute atomic E-state index is 12.2. The predicted molar refractivity (Wildman–Crippen MR) is 81.4 cm³/mol. The summed E-state index contributed by atoms with van der Waals surface area (Å²) in [4.78, 5) is 29.6. The SMILES string of the molecule is Cl.Nc1ncccc1CCN1C(=O)c2ccccc2C1=O. The van der Waals surface area contributed by atoms with Gasteiger partial charge in [-0.3, -0.25) is 14.5 Å². The van der Waals surface area contributed by atoms with E-state index in [2.05, 4.69) is 4.98 Å². The smallest absolute Gasteiger partial charge is 0.261 e. The molecule has 0 bridgehead atoms. The van der Waals surface area contributed by atoms with Gasteiger partial charge >= 0.3 is 0 Å². The number of benzene rings is 1. The number of carbonyl (C=O) groups is 2. The maximum Gasteiger partial charge on any atom is 0.261 e. The number of nitrogens with zero attached hydrogens (tertiary/aromatic N) is 2. The van der Waals surface area contributed by atoms with Crippen LogP contribution in [0, 0.1) is 0 Å². The number of pyridine rings is 1. The van der Waals surface area contributed by atoms with Crippen molar-refractivity contribution in [2.24, 2.45) is 0 Å². The molecule has 2 amide bonds. The number of carbonyl (C=O) groups excluding carboxylic acids is 2. The lowest BCUT2D eigenvalue weighted by atomic mass is 10.1. The molecule has 1 aliphatic heterocycles.